The molecule has 20 heavy (non-hydrogen) atoms. The summed E-state index contributed by atoms with van der Waals surface area (Å²) in [6.45, 7) is 5.15. The van der Waals surface area contributed by atoms with Gasteiger partial charge in [-0.25, -0.2) is 4.39 Å². The van der Waals surface area contributed by atoms with E-state index in [1.165, 1.54) is 17.8 Å². The van der Waals surface area contributed by atoms with Gasteiger partial charge >= 0.3 is 0 Å². The van der Waals surface area contributed by atoms with Crippen molar-refractivity contribution in [2.24, 2.45) is 11.1 Å². The van der Waals surface area contributed by atoms with Gasteiger partial charge in [-0.15, -0.1) is 0 Å². The normalized spacial score (nSPS) is 20.7. The van der Waals surface area contributed by atoms with Gasteiger partial charge in [0.05, 0.1) is 12.7 Å². The maximum atomic E-state index is 13.0. The van der Waals surface area contributed by atoms with Crippen LogP contribution in [0.1, 0.15) is 43.1 Å². The van der Waals surface area contributed by atoms with Gasteiger partial charge in [-0.2, -0.15) is 5.10 Å². The van der Waals surface area contributed by atoms with E-state index in [1.54, 1.807) is 12.1 Å². The van der Waals surface area contributed by atoms with Crippen molar-refractivity contribution < 1.29 is 4.39 Å². The maximum absolute atomic E-state index is 13.0. The Morgan fingerprint density at radius 2 is 2.05 bits per heavy atom. The lowest BCUT2D eigenvalue weighted by atomic mass is 9.75. The minimum Gasteiger partial charge on any atom is -0.324 e. The van der Waals surface area contributed by atoms with E-state index in [-0.39, 0.29) is 17.3 Å². The lowest BCUT2D eigenvalue weighted by Gasteiger charge is -2.33. The number of fused-ring (bicyclic) bond motifs is 1. The fourth-order valence-electron chi connectivity index (χ4n) is 3.06. The standard InChI is InChI=1S/C16H20FN3/c1-16(2)7-14(18)13-9-19-20(15(13)8-16)10-11-3-5-12(17)6-4-11/h3-6,9,14H,7-8,10,18H2,1-2H3. The van der Waals surface area contributed by atoms with Crippen LogP contribution in [0.4, 0.5) is 4.39 Å². The van der Waals surface area contributed by atoms with E-state index in [0.29, 0.717) is 6.54 Å². The molecule has 0 fully saturated rings. The summed E-state index contributed by atoms with van der Waals surface area (Å²) >= 11 is 0. The second-order valence-corrected chi connectivity index (χ2v) is 6.48. The van der Waals surface area contributed by atoms with Crippen molar-refractivity contribution >= 4 is 0 Å². The summed E-state index contributed by atoms with van der Waals surface area (Å²) in [5, 5.41) is 4.47. The van der Waals surface area contributed by atoms with Gasteiger partial charge in [-0.05, 0) is 36.0 Å². The highest BCUT2D eigenvalue weighted by atomic mass is 19.1. The van der Waals surface area contributed by atoms with Crippen molar-refractivity contribution in [2.45, 2.75) is 39.3 Å². The molecule has 4 heteroatoms. The Hall–Kier alpha value is -1.68. The SMILES string of the molecule is CC1(C)Cc2c(cnn2Cc2ccc(F)cc2)C(N)C1. The summed E-state index contributed by atoms with van der Waals surface area (Å²) in [6, 6.07) is 6.65. The average molecular weight is 273 g/mol. The first-order chi connectivity index (χ1) is 9.44. The lowest BCUT2D eigenvalue weighted by Crippen LogP contribution is -2.30. The number of aromatic nitrogens is 2. The highest BCUT2D eigenvalue weighted by molar-refractivity contribution is 5.28. The first-order valence-electron chi connectivity index (χ1n) is 6.99. The summed E-state index contributed by atoms with van der Waals surface area (Å²) in [7, 11) is 0. The van der Waals surface area contributed by atoms with Gasteiger partial charge in [0.15, 0.2) is 0 Å². The number of nitrogens with zero attached hydrogens (tertiary/aromatic N) is 2. The molecule has 1 aromatic heterocycles. The number of hydrogen-bond acceptors (Lipinski definition) is 2. The van der Waals surface area contributed by atoms with Crippen molar-refractivity contribution in [1.29, 1.82) is 0 Å². The lowest BCUT2D eigenvalue weighted by molar-refractivity contribution is 0.275. The van der Waals surface area contributed by atoms with Crippen LogP contribution < -0.4 is 5.73 Å². The molecule has 1 heterocycles. The maximum Gasteiger partial charge on any atom is 0.123 e. The molecule has 1 aromatic carbocycles. The van der Waals surface area contributed by atoms with Gasteiger partial charge in [0, 0.05) is 17.3 Å². The van der Waals surface area contributed by atoms with Crippen molar-refractivity contribution in [3.63, 3.8) is 0 Å². The molecule has 2 aromatic rings. The van der Waals surface area contributed by atoms with Crippen molar-refractivity contribution in [3.8, 4) is 0 Å². The molecule has 1 atom stereocenters. The van der Waals surface area contributed by atoms with E-state index >= 15 is 0 Å². The first kappa shape index (κ1) is 13.3. The molecular formula is C16H20FN3. The van der Waals surface area contributed by atoms with Crippen molar-refractivity contribution in [1.82, 2.24) is 9.78 Å². The number of rotatable bonds is 2. The Balaban J connectivity index is 1.91. The van der Waals surface area contributed by atoms with E-state index in [4.69, 9.17) is 5.73 Å². The second-order valence-electron chi connectivity index (χ2n) is 6.48. The molecule has 2 N–H and O–H groups in total. The predicted molar refractivity (Wildman–Crippen MR) is 76.8 cm³/mol. The number of hydrogen-bond donors (Lipinski definition) is 1. The molecular weight excluding hydrogens is 253 g/mol. The topological polar surface area (TPSA) is 43.8 Å². The van der Waals surface area contributed by atoms with Crippen LogP contribution in [0, 0.1) is 11.2 Å². The zero-order chi connectivity index (χ0) is 14.3. The molecule has 1 aliphatic carbocycles. The Morgan fingerprint density at radius 3 is 2.75 bits per heavy atom. The Labute approximate surface area is 118 Å². The quantitative estimate of drug-likeness (QED) is 0.914. The monoisotopic (exact) mass is 273 g/mol. The third kappa shape index (κ3) is 2.48. The van der Waals surface area contributed by atoms with E-state index < -0.39 is 0 Å². The molecule has 3 nitrogen and oxygen atoms in total. The number of halogens is 1. The smallest absolute Gasteiger partial charge is 0.123 e. The zero-order valence-electron chi connectivity index (χ0n) is 11.9. The molecule has 106 valence electrons. The van der Waals surface area contributed by atoms with Crippen molar-refractivity contribution in [2.75, 3.05) is 0 Å². The predicted octanol–water partition coefficient (Wildman–Crippen LogP) is 3.04. The number of benzene rings is 1. The Kier molecular flexibility index (Phi) is 3.13. The van der Waals surface area contributed by atoms with Crippen LogP contribution in [0.25, 0.3) is 0 Å². The van der Waals surface area contributed by atoms with E-state index in [2.05, 4.69) is 18.9 Å². The summed E-state index contributed by atoms with van der Waals surface area (Å²) in [4.78, 5) is 0. The molecule has 0 bridgehead atoms. The van der Waals surface area contributed by atoms with Gasteiger partial charge in [0.25, 0.3) is 0 Å². The molecule has 0 saturated heterocycles. The van der Waals surface area contributed by atoms with Crippen LogP contribution in [-0.2, 0) is 13.0 Å². The van der Waals surface area contributed by atoms with Crippen molar-refractivity contribution in [3.05, 3.63) is 53.1 Å². The second kappa shape index (κ2) is 4.70. The molecule has 0 radical (unpaired) electrons. The fourth-order valence-corrected chi connectivity index (χ4v) is 3.06. The number of nitrogens with two attached hydrogens (primary N) is 1. The molecule has 0 aliphatic heterocycles. The molecule has 1 aliphatic rings. The Bertz CT molecular complexity index is 613. The van der Waals surface area contributed by atoms with E-state index in [1.807, 2.05) is 10.9 Å². The summed E-state index contributed by atoms with van der Waals surface area (Å²) < 4.78 is 15.0. The average Bonchev–Trinajstić information content (AvgIpc) is 2.74. The minimum absolute atomic E-state index is 0.0655. The van der Waals surface area contributed by atoms with Crippen LogP contribution >= 0.6 is 0 Å². The van der Waals surface area contributed by atoms with Gasteiger partial charge < -0.3 is 5.73 Å². The van der Waals surface area contributed by atoms with Gasteiger partial charge in [0.2, 0.25) is 0 Å². The Morgan fingerprint density at radius 1 is 1.35 bits per heavy atom. The molecule has 3 rings (SSSR count). The molecule has 0 spiro atoms. The highest BCUT2D eigenvalue weighted by Gasteiger charge is 2.33. The van der Waals surface area contributed by atoms with Crippen LogP contribution in [0.15, 0.2) is 30.5 Å². The third-order valence-electron chi connectivity index (χ3n) is 4.04. The first-order valence-corrected chi connectivity index (χ1v) is 6.99. The van der Waals surface area contributed by atoms with Crippen LogP contribution in [0.2, 0.25) is 0 Å². The van der Waals surface area contributed by atoms with Gasteiger partial charge in [-0.1, -0.05) is 26.0 Å². The highest BCUT2D eigenvalue weighted by Crippen LogP contribution is 2.39. The molecule has 0 amide bonds. The van der Waals surface area contributed by atoms with Crippen LogP contribution in [0.5, 0.6) is 0 Å². The molecule has 0 saturated carbocycles. The van der Waals surface area contributed by atoms with Crippen LogP contribution in [0.3, 0.4) is 0 Å². The fraction of sp³-hybridized carbons (Fsp3) is 0.438. The summed E-state index contributed by atoms with van der Waals surface area (Å²) in [5.74, 6) is -0.209. The largest absolute Gasteiger partial charge is 0.324 e. The van der Waals surface area contributed by atoms with Gasteiger partial charge in [0.1, 0.15) is 5.82 Å². The van der Waals surface area contributed by atoms with E-state index in [0.717, 1.165) is 24.0 Å². The summed E-state index contributed by atoms with van der Waals surface area (Å²) in [6.07, 6.45) is 3.86. The zero-order valence-corrected chi connectivity index (χ0v) is 11.9. The van der Waals surface area contributed by atoms with Crippen LogP contribution in [-0.4, -0.2) is 9.78 Å². The van der Waals surface area contributed by atoms with Gasteiger partial charge in [-0.3, -0.25) is 4.68 Å². The third-order valence-corrected chi connectivity index (χ3v) is 4.04. The minimum atomic E-state index is -0.209. The molecule has 1 unspecified atom stereocenters. The van der Waals surface area contributed by atoms with E-state index in [9.17, 15) is 4.39 Å². The summed E-state index contributed by atoms with van der Waals surface area (Å²) in [5.41, 5.74) is 9.88.